The van der Waals surface area contributed by atoms with Crippen molar-refractivity contribution in [1.29, 1.82) is 0 Å². The molecule has 1 aliphatic carbocycles. The molecule has 0 fully saturated rings. The highest BCUT2D eigenvalue weighted by atomic mass is 16.3. The van der Waals surface area contributed by atoms with E-state index in [1.165, 1.54) is 55.3 Å². The second-order valence-corrected chi connectivity index (χ2v) is 17.2. The maximum Gasteiger partial charge on any atom is 0.160 e. The van der Waals surface area contributed by atoms with Crippen LogP contribution >= 0.6 is 0 Å². The van der Waals surface area contributed by atoms with Crippen LogP contribution in [0.5, 0.6) is 0 Å². The van der Waals surface area contributed by atoms with Crippen molar-refractivity contribution in [3.8, 4) is 33.6 Å². The van der Waals surface area contributed by atoms with Crippen molar-refractivity contribution in [2.75, 3.05) is 0 Å². The second kappa shape index (κ2) is 11.7. The number of aromatic nitrogens is 2. The Labute approximate surface area is 350 Å². The fraction of sp³-hybridized carbons (Fsp3) is 0.0526. The molecule has 61 heavy (non-hydrogen) atoms. The minimum atomic E-state index is -0.0790. The standard InChI is InChI=1S/C57H36N2O2/c1-57(2)46-17-7-3-12-36(46)37-25-24-35(32-47(37)57)58-48-18-8-4-13-38(48)44-30-33(22-28-49(44)58)34-23-29-50-45(31-34)41-26-27-43-40-15-6-10-21-53(40)61-56(43)54(41)59(50)51-19-11-16-42-39-14-5-9-20-52(39)60-55(42)51/h3-32H,1-2H3. The molecule has 0 N–H and O–H groups in total. The lowest BCUT2D eigenvalue weighted by Crippen LogP contribution is -2.15. The predicted molar refractivity (Wildman–Crippen MR) is 253 cm³/mol. The van der Waals surface area contributed by atoms with Crippen LogP contribution in [-0.4, -0.2) is 9.13 Å². The number of rotatable bonds is 3. The maximum atomic E-state index is 6.77. The van der Waals surface area contributed by atoms with Crippen molar-refractivity contribution in [3.05, 3.63) is 193 Å². The first-order chi connectivity index (χ1) is 30.0. The maximum absolute atomic E-state index is 6.77. The topological polar surface area (TPSA) is 36.1 Å². The van der Waals surface area contributed by atoms with Crippen LogP contribution in [-0.2, 0) is 5.41 Å². The lowest BCUT2D eigenvalue weighted by molar-refractivity contribution is 0.660. The molecule has 0 saturated carbocycles. The lowest BCUT2D eigenvalue weighted by Gasteiger charge is -2.22. The van der Waals surface area contributed by atoms with Crippen LogP contribution in [0.4, 0.5) is 0 Å². The summed E-state index contributed by atoms with van der Waals surface area (Å²) in [6.45, 7) is 4.71. The van der Waals surface area contributed by atoms with E-state index in [2.05, 4.69) is 193 Å². The number of furan rings is 2. The van der Waals surface area contributed by atoms with Gasteiger partial charge in [-0.3, -0.25) is 0 Å². The molecule has 286 valence electrons. The predicted octanol–water partition coefficient (Wildman–Crippen LogP) is 15.7. The molecule has 4 aromatic heterocycles. The molecular weight excluding hydrogens is 745 g/mol. The van der Waals surface area contributed by atoms with Gasteiger partial charge in [0.1, 0.15) is 11.2 Å². The molecular formula is C57H36N2O2. The normalized spacial score (nSPS) is 13.5. The molecule has 13 aromatic rings. The molecule has 0 atom stereocenters. The Morgan fingerprint density at radius 3 is 1.74 bits per heavy atom. The molecule has 4 heteroatoms. The SMILES string of the molecule is CC1(C)c2ccccc2-c2ccc(-n3c4ccccc4c4cc(-c5ccc6c(c5)c5ccc7c8ccccc8oc7c5n6-c5cccc6c5oc5ccccc56)ccc43)cc21. The largest absolute Gasteiger partial charge is 0.454 e. The molecule has 0 bridgehead atoms. The second-order valence-electron chi connectivity index (χ2n) is 17.2. The monoisotopic (exact) mass is 780 g/mol. The van der Waals surface area contributed by atoms with Gasteiger partial charge in [-0.1, -0.05) is 129 Å². The average molecular weight is 781 g/mol. The third-order valence-corrected chi connectivity index (χ3v) is 13.7. The van der Waals surface area contributed by atoms with E-state index in [0.717, 1.165) is 76.9 Å². The third-order valence-electron chi connectivity index (χ3n) is 13.7. The van der Waals surface area contributed by atoms with Gasteiger partial charge in [-0.2, -0.15) is 0 Å². The number of fused-ring (bicyclic) bond motifs is 16. The van der Waals surface area contributed by atoms with Crippen molar-refractivity contribution >= 4 is 87.5 Å². The van der Waals surface area contributed by atoms with E-state index in [1.54, 1.807) is 0 Å². The molecule has 0 radical (unpaired) electrons. The first kappa shape index (κ1) is 33.1. The third kappa shape index (κ3) is 4.33. The average Bonchev–Trinajstić information content (AvgIpc) is 4.09. The summed E-state index contributed by atoms with van der Waals surface area (Å²) < 4.78 is 18.2. The summed E-state index contributed by atoms with van der Waals surface area (Å²) >= 11 is 0. The van der Waals surface area contributed by atoms with E-state index in [-0.39, 0.29) is 5.41 Å². The zero-order valence-electron chi connectivity index (χ0n) is 33.5. The highest BCUT2D eigenvalue weighted by Gasteiger charge is 2.35. The van der Waals surface area contributed by atoms with Gasteiger partial charge in [-0.05, 0) is 100 Å². The summed E-state index contributed by atoms with van der Waals surface area (Å²) in [4.78, 5) is 0. The zero-order valence-corrected chi connectivity index (χ0v) is 33.5. The van der Waals surface area contributed by atoms with Crippen LogP contribution in [0.1, 0.15) is 25.0 Å². The fourth-order valence-electron chi connectivity index (χ4n) is 10.9. The summed E-state index contributed by atoms with van der Waals surface area (Å²) in [6, 6.07) is 66.2. The number of hydrogen-bond acceptors (Lipinski definition) is 2. The minimum absolute atomic E-state index is 0.0790. The summed E-state index contributed by atoms with van der Waals surface area (Å²) in [7, 11) is 0. The van der Waals surface area contributed by atoms with Crippen LogP contribution in [0, 0.1) is 0 Å². The van der Waals surface area contributed by atoms with Gasteiger partial charge in [0.05, 0.1) is 27.8 Å². The van der Waals surface area contributed by atoms with Gasteiger partial charge >= 0.3 is 0 Å². The summed E-state index contributed by atoms with van der Waals surface area (Å²) in [5, 5.41) is 9.19. The van der Waals surface area contributed by atoms with E-state index in [1.807, 2.05) is 12.1 Å². The molecule has 1 aliphatic rings. The molecule has 14 rings (SSSR count). The molecule has 4 nitrogen and oxygen atoms in total. The van der Waals surface area contributed by atoms with E-state index in [4.69, 9.17) is 8.83 Å². The molecule has 4 heterocycles. The number of benzene rings is 9. The number of para-hydroxylation sites is 4. The summed E-state index contributed by atoms with van der Waals surface area (Å²) in [5.41, 5.74) is 17.9. The van der Waals surface area contributed by atoms with Crippen molar-refractivity contribution < 1.29 is 8.83 Å². The van der Waals surface area contributed by atoms with Gasteiger partial charge in [0.2, 0.25) is 0 Å². The quantitative estimate of drug-likeness (QED) is 0.179. The van der Waals surface area contributed by atoms with Crippen LogP contribution in [0.3, 0.4) is 0 Å². The van der Waals surface area contributed by atoms with Gasteiger partial charge < -0.3 is 18.0 Å². The molecule has 9 aromatic carbocycles. The highest BCUT2D eigenvalue weighted by molar-refractivity contribution is 6.23. The van der Waals surface area contributed by atoms with E-state index in [0.29, 0.717) is 0 Å². The zero-order chi connectivity index (χ0) is 40.1. The van der Waals surface area contributed by atoms with Crippen molar-refractivity contribution in [3.63, 3.8) is 0 Å². The lowest BCUT2D eigenvalue weighted by atomic mass is 9.82. The van der Waals surface area contributed by atoms with Gasteiger partial charge in [0.15, 0.2) is 11.2 Å². The van der Waals surface area contributed by atoms with Gasteiger partial charge in [0, 0.05) is 54.2 Å². The van der Waals surface area contributed by atoms with Gasteiger partial charge in [-0.25, -0.2) is 0 Å². The van der Waals surface area contributed by atoms with Crippen LogP contribution < -0.4 is 0 Å². The molecule has 0 unspecified atom stereocenters. The van der Waals surface area contributed by atoms with Crippen molar-refractivity contribution in [1.82, 2.24) is 9.13 Å². The Morgan fingerprint density at radius 2 is 0.951 bits per heavy atom. The van der Waals surface area contributed by atoms with Crippen molar-refractivity contribution in [2.45, 2.75) is 19.3 Å². The van der Waals surface area contributed by atoms with E-state index >= 15 is 0 Å². The van der Waals surface area contributed by atoms with Crippen LogP contribution in [0.15, 0.2) is 191 Å². The molecule has 0 aliphatic heterocycles. The van der Waals surface area contributed by atoms with Crippen LogP contribution in [0.25, 0.3) is 121 Å². The summed E-state index contributed by atoms with van der Waals surface area (Å²) in [5.74, 6) is 0. The Morgan fingerprint density at radius 1 is 0.377 bits per heavy atom. The van der Waals surface area contributed by atoms with Gasteiger partial charge in [-0.15, -0.1) is 0 Å². The molecule has 0 saturated heterocycles. The minimum Gasteiger partial charge on any atom is -0.454 e. The van der Waals surface area contributed by atoms with Crippen LogP contribution in [0.2, 0.25) is 0 Å². The Balaban J connectivity index is 0.989. The van der Waals surface area contributed by atoms with E-state index in [9.17, 15) is 0 Å². The first-order valence-corrected chi connectivity index (χ1v) is 21.1. The molecule has 0 spiro atoms. The first-order valence-electron chi connectivity index (χ1n) is 21.1. The number of hydrogen-bond donors (Lipinski definition) is 0. The smallest absolute Gasteiger partial charge is 0.160 e. The van der Waals surface area contributed by atoms with E-state index < -0.39 is 0 Å². The van der Waals surface area contributed by atoms with Crippen molar-refractivity contribution in [2.24, 2.45) is 0 Å². The summed E-state index contributed by atoms with van der Waals surface area (Å²) in [6.07, 6.45) is 0. The number of nitrogens with zero attached hydrogens (tertiary/aromatic N) is 2. The van der Waals surface area contributed by atoms with Gasteiger partial charge in [0.25, 0.3) is 0 Å². The Kier molecular flexibility index (Phi) is 6.33. The molecule has 0 amide bonds. The highest BCUT2D eigenvalue weighted by Crippen LogP contribution is 2.50. The fourth-order valence-corrected chi connectivity index (χ4v) is 10.9. The Bertz CT molecular complexity index is 4040. The Hall–Kier alpha value is -7.82.